The fourth-order valence-electron chi connectivity index (χ4n) is 3.43. The Kier molecular flexibility index (Phi) is 5.05. The van der Waals surface area contributed by atoms with Crippen molar-refractivity contribution in [1.29, 1.82) is 0 Å². The molecular weight excluding hydrogens is 275 g/mol. The van der Waals surface area contributed by atoms with Crippen molar-refractivity contribution in [2.75, 3.05) is 14.1 Å². The van der Waals surface area contributed by atoms with Crippen LogP contribution >= 0.6 is 11.6 Å². The molecule has 2 rings (SSSR count). The summed E-state index contributed by atoms with van der Waals surface area (Å²) in [5, 5.41) is 0.430. The molecule has 1 saturated carbocycles. The van der Waals surface area contributed by atoms with Crippen molar-refractivity contribution in [3.8, 4) is 0 Å². The molecule has 4 heteroatoms. The SMILES string of the molecule is CN(C)C1(C(N)Cc2ccc(Cl)cc2F)CCCCC1. The topological polar surface area (TPSA) is 29.3 Å². The van der Waals surface area contributed by atoms with Crippen LogP contribution in [0.2, 0.25) is 5.02 Å². The molecule has 0 amide bonds. The molecule has 2 N–H and O–H groups in total. The van der Waals surface area contributed by atoms with Gasteiger partial charge in [-0.15, -0.1) is 0 Å². The summed E-state index contributed by atoms with van der Waals surface area (Å²) < 4.78 is 14.0. The van der Waals surface area contributed by atoms with E-state index in [-0.39, 0.29) is 17.4 Å². The quantitative estimate of drug-likeness (QED) is 0.920. The van der Waals surface area contributed by atoms with Crippen LogP contribution in [0, 0.1) is 5.82 Å². The molecule has 1 aromatic carbocycles. The van der Waals surface area contributed by atoms with E-state index in [2.05, 4.69) is 19.0 Å². The number of benzene rings is 1. The molecule has 0 heterocycles. The Balaban J connectivity index is 2.18. The summed E-state index contributed by atoms with van der Waals surface area (Å²) >= 11 is 5.80. The Labute approximate surface area is 126 Å². The average molecular weight is 299 g/mol. The Morgan fingerprint density at radius 1 is 1.30 bits per heavy atom. The molecule has 1 aliphatic rings. The van der Waals surface area contributed by atoms with Gasteiger partial charge in [0, 0.05) is 16.6 Å². The monoisotopic (exact) mass is 298 g/mol. The second kappa shape index (κ2) is 6.42. The molecule has 1 fully saturated rings. The zero-order chi connectivity index (χ0) is 14.8. The third-order valence-electron chi connectivity index (χ3n) is 4.76. The number of halogens is 2. The maximum atomic E-state index is 14.0. The molecule has 0 spiro atoms. The minimum Gasteiger partial charge on any atom is -0.326 e. The van der Waals surface area contributed by atoms with Crippen LogP contribution in [-0.4, -0.2) is 30.6 Å². The van der Waals surface area contributed by atoms with Crippen LogP contribution in [0.15, 0.2) is 18.2 Å². The Morgan fingerprint density at radius 2 is 1.95 bits per heavy atom. The number of likely N-dealkylation sites (N-methyl/N-ethyl adjacent to an activating group) is 1. The lowest BCUT2D eigenvalue weighted by atomic mass is 9.74. The smallest absolute Gasteiger partial charge is 0.127 e. The van der Waals surface area contributed by atoms with E-state index in [9.17, 15) is 4.39 Å². The van der Waals surface area contributed by atoms with Gasteiger partial charge in [0.2, 0.25) is 0 Å². The van der Waals surface area contributed by atoms with Gasteiger partial charge in [-0.3, -0.25) is 0 Å². The number of nitrogens with zero attached hydrogens (tertiary/aromatic N) is 1. The summed E-state index contributed by atoms with van der Waals surface area (Å²) in [4.78, 5) is 2.24. The third kappa shape index (κ3) is 3.16. The first-order chi connectivity index (χ1) is 9.45. The van der Waals surface area contributed by atoms with Crippen LogP contribution in [0.5, 0.6) is 0 Å². The lowest BCUT2D eigenvalue weighted by Crippen LogP contribution is -2.59. The van der Waals surface area contributed by atoms with E-state index < -0.39 is 0 Å². The molecule has 20 heavy (non-hydrogen) atoms. The highest BCUT2D eigenvalue weighted by Crippen LogP contribution is 2.35. The van der Waals surface area contributed by atoms with Crippen LogP contribution in [-0.2, 0) is 6.42 Å². The summed E-state index contributed by atoms with van der Waals surface area (Å²) in [6, 6.07) is 4.79. The standard InChI is InChI=1S/C16H24ClFN2/c1-20(2)16(8-4-3-5-9-16)15(19)10-12-6-7-13(17)11-14(12)18/h6-7,11,15H,3-5,8-10,19H2,1-2H3. The van der Waals surface area contributed by atoms with Crippen molar-refractivity contribution in [2.24, 2.45) is 5.73 Å². The van der Waals surface area contributed by atoms with Gasteiger partial charge in [0.1, 0.15) is 5.82 Å². The van der Waals surface area contributed by atoms with Crippen molar-refractivity contribution < 1.29 is 4.39 Å². The maximum absolute atomic E-state index is 14.0. The van der Waals surface area contributed by atoms with E-state index in [0.29, 0.717) is 17.0 Å². The molecule has 1 unspecified atom stereocenters. The van der Waals surface area contributed by atoms with Crippen molar-refractivity contribution in [2.45, 2.75) is 50.1 Å². The molecule has 112 valence electrons. The van der Waals surface area contributed by atoms with Crippen molar-refractivity contribution >= 4 is 11.6 Å². The molecule has 2 nitrogen and oxygen atoms in total. The van der Waals surface area contributed by atoms with E-state index in [0.717, 1.165) is 12.8 Å². The highest BCUT2D eigenvalue weighted by Gasteiger charge is 2.39. The molecule has 0 saturated heterocycles. The summed E-state index contributed by atoms with van der Waals surface area (Å²) in [6.45, 7) is 0. The molecular formula is C16H24ClFN2. The fourth-order valence-corrected chi connectivity index (χ4v) is 3.59. The predicted molar refractivity (Wildman–Crippen MR) is 82.6 cm³/mol. The first-order valence-corrected chi connectivity index (χ1v) is 7.70. The van der Waals surface area contributed by atoms with Crippen LogP contribution in [0.25, 0.3) is 0 Å². The summed E-state index contributed by atoms with van der Waals surface area (Å²) in [5.74, 6) is -0.252. The lowest BCUT2D eigenvalue weighted by Gasteiger charge is -2.47. The van der Waals surface area contributed by atoms with Crippen LogP contribution < -0.4 is 5.73 Å². The summed E-state index contributed by atoms with van der Waals surface area (Å²) in [5.41, 5.74) is 7.13. The second-order valence-corrected chi connectivity index (χ2v) is 6.54. The average Bonchev–Trinajstić information content (AvgIpc) is 2.42. The highest BCUT2D eigenvalue weighted by molar-refractivity contribution is 6.30. The molecule has 0 aromatic heterocycles. The summed E-state index contributed by atoms with van der Waals surface area (Å²) in [7, 11) is 4.17. The van der Waals surface area contributed by atoms with Gasteiger partial charge in [-0.05, 0) is 51.1 Å². The third-order valence-corrected chi connectivity index (χ3v) is 4.99. The van der Waals surface area contributed by atoms with Crippen LogP contribution in [0.3, 0.4) is 0 Å². The predicted octanol–water partition coefficient (Wildman–Crippen LogP) is 3.61. The normalized spacial score (nSPS) is 20.1. The minimum atomic E-state index is -0.252. The van der Waals surface area contributed by atoms with E-state index in [1.165, 1.54) is 25.3 Å². The van der Waals surface area contributed by atoms with Gasteiger partial charge in [-0.2, -0.15) is 0 Å². The largest absolute Gasteiger partial charge is 0.326 e. The number of rotatable bonds is 4. The van der Waals surface area contributed by atoms with Gasteiger partial charge in [-0.1, -0.05) is 36.9 Å². The maximum Gasteiger partial charge on any atom is 0.127 e. The van der Waals surface area contributed by atoms with Gasteiger partial charge in [-0.25, -0.2) is 4.39 Å². The Morgan fingerprint density at radius 3 is 2.50 bits per heavy atom. The molecule has 1 aromatic rings. The van der Waals surface area contributed by atoms with Gasteiger partial charge >= 0.3 is 0 Å². The number of nitrogens with two attached hydrogens (primary N) is 1. The van der Waals surface area contributed by atoms with Crippen molar-refractivity contribution in [3.05, 3.63) is 34.6 Å². The van der Waals surface area contributed by atoms with E-state index in [1.54, 1.807) is 12.1 Å². The molecule has 0 radical (unpaired) electrons. The Hall–Kier alpha value is -0.640. The van der Waals surface area contributed by atoms with Gasteiger partial charge in [0.15, 0.2) is 0 Å². The second-order valence-electron chi connectivity index (χ2n) is 6.11. The van der Waals surface area contributed by atoms with Gasteiger partial charge < -0.3 is 10.6 Å². The van der Waals surface area contributed by atoms with Crippen LogP contribution in [0.4, 0.5) is 4.39 Å². The van der Waals surface area contributed by atoms with Crippen molar-refractivity contribution in [3.63, 3.8) is 0 Å². The van der Waals surface area contributed by atoms with Crippen molar-refractivity contribution in [1.82, 2.24) is 4.90 Å². The highest BCUT2D eigenvalue weighted by atomic mass is 35.5. The van der Waals surface area contributed by atoms with E-state index in [4.69, 9.17) is 17.3 Å². The summed E-state index contributed by atoms with van der Waals surface area (Å²) in [6.07, 6.45) is 6.43. The molecule has 0 aliphatic heterocycles. The fraction of sp³-hybridized carbons (Fsp3) is 0.625. The first-order valence-electron chi connectivity index (χ1n) is 7.32. The van der Waals surface area contributed by atoms with E-state index in [1.807, 2.05) is 0 Å². The molecule has 1 aliphatic carbocycles. The number of hydrogen-bond donors (Lipinski definition) is 1. The zero-order valence-corrected chi connectivity index (χ0v) is 13.1. The first kappa shape index (κ1) is 15.7. The molecule has 1 atom stereocenters. The van der Waals surface area contributed by atoms with Gasteiger partial charge in [0.05, 0.1) is 0 Å². The molecule has 0 bridgehead atoms. The van der Waals surface area contributed by atoms with Gasteiger partial charge in [0.25, 0.3) is 0 Å². The number of hydrogen-bond acceptors (Lipinski definition) is 2. The van der Waals surface area contributed by atoms with E-state index >= 15 is 0 Å². The van der Waals surface area contributed by atoms with Crippen LogP contribution in [0.1, 0.15) is 37.7 Å². The Bertz CT molecular complexity index is 456. The minimum absolute atomic E-state index is 0.00960. The lowest BCUT2D eigenvalue weighted by molar-refractivity contribution is 0.0713. The zero-order valence-electron chi connectivity index (χ0n) is 12.3.